The van der Waals surface area contributed by atoms with Crippen molar-refractivity contribution in [2.24, 2.45) is 0 Å². The van der Waals surface area contributed by atoms with Gasteiger partial charge in [0.2, 0.25) is 0 Å². The molecule has 2 aromatic rings. The van der Waals surface area contributed by atoms with Crippen LogP contribution in [0.5, 0.6) is 17.2 Å². The molecule has 0 radical (unpaired) electrons. The Morgan fingerprint density at radius 3 is 2.77 bits per heavy atom. The van der Waals surface area contributed by atoms with E-state index in [1.165, 1.54) is 0 Å². The van der Waals surface area contributed by atoms with E-state index in [0.29, 0.717) is 34.9 Å². The molecule has 1 heterocycles. The van der Waals surface area contributed by atoms with Crippen molar-refractivity contribution >= 4 is 17.4 Å². The molecule has 0 spiro atoms. The molecule has 1 aliphatic heterocycles. The van der Waals surface area contributed by atoms with Gasteiger partial charge in [0, 0.05) is 17.8 Å². The minimum absolute atomic E-state index is 0.0403. The normalized spacial score (nSPS) is 14.8. The second-order valence-electron chi connectivity index (χ2n) is 6.69. The lowest BCUT2D eigenvalue weighted by Crippen LogP contribution is -2.35. The number of ketones is 1. The van der Waals surface area contributed by atoms with Crippen molar-refractivity contribution in [3.63, 3.8) is 0 Å². The molecule has 2 aromatic carbocycles. The van der Waals surface area contributed by atoms with E-state index in [0.717, 1.165) is 0 Å². The van der Waals surface area contributed by atoms with Gasteiger partial charge in [0.25, 0.3) is 5.91 Å². The van der Waals surface area contributed by atoms with E-state index < -0.39 is 5.60 Å². The first-order chi connectivity index (χ1) is 12.4. The molecule has 0 fully saturated rings. The third-order valence-corrected chi connectivity index (χ3v) is 3.95. The number of amides is 1. The Morgan fingerprint density at radius 1 is 1.19 bits per heavy atom. The molecule has 6 heteroatoms. The number of carbonyl (C=O) groups excluding carboxylic acids is 2. The van der Waals surface area contributed by atoms with Gasteiger partial charge in [-0.05, 0) is 38.1 Å². The average molecular weight is 355 g/mol. The second kappa shape index (κ2) is 7.07. The van der Waals surface area contributed by atoms with Crippen molar-refractivity contribution in [1.82, 2.24) is 0 Å². The van der Waals surface area contributed by atoms with Gasteiger partial charge < -0.3 is 19.5 Å². The zero-order valence-corrected chi connectivity index (χ0v) is 15.0. The lowest BCUT2D eigenvalue weighted by Gasteiger charge is -2.31. The number of rotatable bonds is 5. The molecule has 1 N–H and O–H groups in total. The maximum absolute atomic E-state index is 12.1. The Labute approximate surface area is 152 Å². The zero-order chi connectivity index (χ0) is 18.7. The molecule has 0 saturated carbocycles. The fraction of sp³-hybridized carbons (Fsp3) is 0.300. The van der Waals surface area contributed by atoms with E-state index >= 15 is 0 Å². The Bertz CT molecular complexity index is 844. The fourth-order valence-corrected chi connectivity index (χ4v) is 2.77. The Hall–Kier alpha value is -3.02. The van der Waals surface area contributed by atoms with Gasteiger partial charge in [-0.2, -0.15) is 0 Å². The van der Waals surface area contributed by atoms with Crippen LogP contribution < -0.4 is 19.5 Å². The number of anilines is 1. The van der Waals surface area contributed by atoms with E-state index in [4.69, 9.17) is 14.2 Å². The minimum atomic E-state index is -0.549. The maximum Gasteiger partial charge on any atom is 0.262 e. The highest BCUT2D eigenvalue weighted by molar-refractivity contribution is 6.00. The molecule has 0 aliphatic carbocycles. The number of methoxy groups -OCH3 is 1. The average Bonchev–Trinajstić information content (AvgIpc) is 2.58. The van der Waals surface area contributed by atoms with Crippen LogP contribution in [-0.2, 0) is 4.79 Å². The first-order valence-electron chi connectivity index (χ1n) is 8.29. The summed E-state index contributed by atoms with van der Waals surface area (Å²) >= 11 is 0. The predicted molar refractivity (Wildman–Crippen MR) is 97.2 cm³/mol. The highest BCUT2D eigenvalue weighted by Crippen LogP contribution is 2.35. The Morgan fingerprint density at radius 2 is 2.00 bits per heavy atom. The predicted octanol–water partition coefficient (Wildman–Crippen LogP) is 3.46. The number of ether oxygens (including phenoxy) is 3. The molecule has 26 heavy (non-hydrogen) atoms. The molecule has 0 aromatic heterocycles. The smallest absolute Gasteiger partial charge is 0.262 e. The highest BCUT2D eigenvalue weighted by Gasteiger charge is 2.32. The maximum atomic E-state index is 12.1. The number of benzene rings is 2. The fourth-order valence-electron chi connectivity index (χ4n) is 2.77. The SMILES string of the molecule is COc1cccc(NC(=O)COc2ccc3c(c2)OC(C)(C)CC3=O)c1. The largest absolute Gasteiger partial charge is 0.497 e. The second-order valence-corrected chi connectivity index (χ2v) is 6.69. The molecule has 3 rings (SSSR count). The quantitative estimate of drug-likeness (QED) is 0.889. The van der Waals surface area contributed by atoms with Gasteiger partial charge >= 0.3 is 0 Å². The van der Waals surface area contributed by atoms with Crippen LogP contribution >= 0.6 is 0 Å². The summed E-state index contributed by atoms with van der Waals surface area (Å²) in [7, 11) is 1.56. The monoisotopic (exact) mass is 355 g/mol. The molecule has 0 bridgehead atoms. The summed E-state index contributed by atoms with van der Waals surface area (Å²) in [6.45, 7) is 3.57. The van der Waals surface area contributed by atoms with Gasteiger partial charge in [-0.1, -0.05) is 6.07 Å². The molecule has 1 amide bonds. The molecule has 0 unspecified atom stereocenters. The minimum Gasteiger partial charge on any atom is -0.497 e. The molecule has 136 valence electrons. The van der Waals surface area contributed by atoms with Gasteiger partial charge in [-0.3, -0.25) is 9.59 Å². The molecule has 6 nitrogen and oxygen atoms in total. The standard InChI is InChI=1S/C20H21NO5/c1-20(2)11-17(22)16-8-7-15(10-18(16)26-20)25-12-19(23)21-13-5-4-6-14(9-13)24-3/h4-10H,11-12H2,1-3H3,(H,21,23). The number of hydrogen-bond donors (Lipinski definition) is 1. The third-order valence-electron chi connectivity index (χ3n) is 3.95. The zero-order valence-electron chi connectivity index (χ0n) is 15.0. The molecule has 1 aliphatic rings. The number of hydrogen-bond acceptors (Lipinski definition) is 5. The summed E-state index contributed by atoms with van der Waals surface area (Å²) in [4.78, 5) is 24.2. The van der Waals surface area contributed by atoms with Crippen LogP contribution in [0.25, 0.3) is 0 Å². The Balaban J connectivity index is 1.63. The summed E-state index contributed by atoms with van der Waals surface area (Å²) in [6.07, 6.45) is 0.336. The van der Waals surface area contributed by atoms with Crippen LogP contribution in [0.3, 0.4) is 0 Å². The van der Waals surface area contributed by atoms with Crippen LogP contribution in [0, 0.1) is 0 Å². The van der Waals surface area contributed by atoms with Crippen molar-refractivity contribution in [1.29, 1.82) is 0 Å². The van der Waals surface area contributed by atoms with Crippen LogP contribution in [0.2, 0.25) is 0 Å². The van der Waals surface area contributed by atoms with Gasteiger partial charge in [0.05, 0.1) is 19.1 Å². The lowest BCUT2D eigenvalue weighted by molar-refractivity contribution is -0.118. The van der Waals surface area contributed by atoms with Crippen molar-refractivity contribution in [2.45, 2.75) is 25.9 Å². The van der Waals surface area contributed by atoms with Gasteiger partial charge in [-0.25, -0.2) is 0 Å². The van der Waals surface area contributed by atoms with E-state index in [1.807, 2.05) is 13.8 Å². The lowest BCUT2D eigenvalue weighted by atomic mass is 9.93. The van der Waals surface area contributed by atoms with Crippen LogP contribution in [0.15, 0.2) is 42.5 Å². The summed E-state index contributed by atoms with van der Waals surface area (Å²) in [5.41, 5.74) is 0.614. The van der Waals surface area contributed by atoms with Crippen molar-refractivity contribution < 1.29 is 23.8 Å². The number of nitrogens with one attached hydrogen (secondary N) is 1. The van der Waals surface area contributed by atoms with Crippen LogP contribution in [0.4, 0.5) is 5.69 Å². The molecular formula is C20H21NO5. The van der Waals surface area contributed by atoms with Crippen LogP contribution in [-0.4, -0.2) is 31.0 Å². The summed E-state index contributed by atoms with van der Waals surface area (Å²) in [5, 5.41) is 2.74. The number of fused-ring (bicyclic) bond motifs is 1. The highest BCUT2D eigenvalue weighted by atomic mass is 16.5. The Kier molecular flexibility index (Phi) is 4.84. The van der Waals surface area contributed by atoms with E-state index in [1.54, 1.807) is 49.6 Å². The van der Waals surface area contributed by atoms with E-state index in [2.05, 4.69) is 5.32 Å². The van der Waals surface area contributed by atoms with Crippen molar-refractivity contribution in [3.05, 3.63) is 48.0 Å². The molecule has 0 atom stereocenters. The first-order valence-corrected chi connectivity index (χ1v) is 8.29. The van der Waals surface area contributed by atoms with Gasteiger partial charge in [-0.15, -0.1) is 0 Å². The summed E-state index contributed by atoms with van der Waals surface area (Å²) in [6, 6.07) is 12.0. The van der Waals surface area contributed by atoms with E-state index in [9.17, 15) is 9.59 Å². The topological polar surface area (TPSA) is 73.9 Å². The first kappa shape index (κ1) is 17.8. The van der Waals surface area contributed by atoms with Crippen molar-refractivity contribution in [3.8, 4) is 17.2 Å². The van der Waals surface area contributed by atoms with Gasteiger partial charge in [0.1, 0.15) is 22.8 Å². The summed E-state index contributed by atoms with van der Waals surface area (Å²) in [5.74, 6) is 1.35. The van der Waals surface area contributed by atoms with Crippen LogP contribution in [0.1, 0.15) is 30.6 Å². The molecule has 0 saturated heterocycles. The van der Waals surface area contributed by atoms with E-state index in [-0.39, 0.29) is 18.3 Å². The number of carbonyl (C=O) groups is 2. The third kappa shape index (κ3) is 4.14. The number of Topliss-reactive ketones (excluding diaryl/α,β-unsaturated/α-hetero) is 1. The van der Waals surface area contributed by atoms with Crippen molar-refractivity contribution in [2.75, 3.05) is 19.0 Å². The summed E-state index contributed by atoms with van der Waals surface area (Å²) < 4.78 is 16.5. The molecular weight excluding hydrogens is 334 g/mol. The van der Waals surface area contributed by atoms with Gasteiger partial charge in [0.15, 0.2) is 12.4 Å².